The molecule has 2 nitrogen and oxygen atoms in total. The van der Waals surface area contributed by atoms with Crippen LogP contribution < -0.4 is 4.74 Å². The number of aromatic nitrogens is 1. The van der Waals surface area contributed by atoms with Gasteiger partial charge in [0.2, 0.25) is 0 Å². The van der Waals surface area contributed by atoms with Gasteiger partial charge in [-0.15, -0.1) is 11.3 Å². The van der Waals surface area contributed by atoms with E-state index in [0.29, 0.717) is 0 Å². The minimum atomic E-state index is 0.874. The van der Waals surface area contributed by atoms with E-state index in [9.17, 15) is 0 Å². The fourth-order valence-corrected chi connectivity index (χ4v) is 2.34. The highest BCUT2D eigenvalue weighted by Crippen LogP contribution is 2.30. The molecule has 0 spiro atoms. The van der Waals surface area contributed by atoms with Crippen LogP contribution in [0.1, 0.15) is 24.4 Å². The van der Waals surface area contributed by atoms with Gasteiger partial charge >= 0.3 is 0 Å². The SMILES string of the molecule is CC.COc1cc(C)cc2sc(C)nc12. The molecule has 0 saturated carbocycles. The first-order chi connectivity index (χ1) is 7.20. The highest BCUT2D eigenvalue weighted by atomic mass is 32.1. The maximum atomic E-state index is 5.27. The number of thiazole rings is 1. The number of nitrogens with zero attached hydrogens (tertiary/aromatic N) is 1. The topological polar surface area (TPSA) is 22.1 Å². The van der Waals surface area contributed by atoms with Crippen LogP contribution in [0.2, 0.25) is 0 Å². The monoisotopic (exact) mass is 223 g/mol. The van der Waals surface area contributed by atoms with Crippen molar-refractivity contribution >= 4 is 21.6 Å². The summed E-state index contributed by atoms with van der Waals surface area (Å²) in [7, 11) is 1.68. The number of fused-ring (bicyclic) bond motifs is 1. The van der Waals surface area contributed by atoms with E-state index < -0.39 is 0 Å². The third-order valence-electron chi connectivity index (χ3n) is 1.93. The molecule has 0 aliphatic rings. The zero-order valence-electron chi connectivity index (χ0n) is 9.92. The van der Waals surface area contributed by atoms with Crippen molar-refractivity contribution in [2.24, 2.45) is 0 Å². The Labute approximate surface area is 94.9 Å². The van der Waals surface area contributed by atoms with Gasteiger partial charge in [0.1, 0.15) is 11.3 Å². The van der Waals surface area contributed by atoms with Crippen LogP contribution in [0.15, 0.2) is 12.1 Å². The molecule has 0 aliphatic heterocycles. The summed E-state index contributed by atoms with van der Waals surface area (Å²) < 4.78 is 6.47. The molecule has 2 aromatic rings. The van der Waals surface area contributed by atoms with E-state index in [1.807, 2.05) is 26.8 Å². The lowest BCUT2D eigenvalue weighted by molar-refractivity contribution is 0.418. The molecule has 0 N–H and O–H groups in total. The molecular formula is C12H17NOS. The van der Waals surface area contributed by atoms with Gasteiger partial charge in [-0.1, -0.05) is 13.8 Å². The van der Waals surface area contributed by atoms with Crippen LogP contribution in [0.3, 0.4) is 0 Å². The summed E-state index contributed by atoms with van der Waals surface area (Å²) in [5.41, 5.74) is 2.20. The molecule has 82 valence electrons. The lowest BCUT2D eigenvalue weighted by Crippen LogP contribution is -1.85. The smallest absolute Gasteiger partial charge is 0.146 e. The van der Waals surface area contributed by atoms with Gasteiger partial charge in [0, 0.05) is 0 Å². The standard InChI is InChI=1S/C10H11NOS.C2H6/c1-6-4-8(12-3)10-9(5-6)13-7(2)11-10;1-2/h4-5H,1-3H3;1-2H3. The molecule has 0 fully saturated rings. The molecule has 0 aliphatic carbocycles. The van der Waals surface area contributed by atoms with E-state index in [0.717, 1.165) is 16.3 Å². The quantitative estimate of drug-likeness (QED) is 0.730. The second kappa shape index (κ2) is 5.12. The maximum absolute atomic E-state index is 5.27. The van der Waals surface area contributed by atoms with Crippen LogP contribution in [-0.2, 0) is 0 Å². The summed E-state index contributed by atoms with van der Waals surface area (Å²) >= 11 is 1.70. The Hall–Kier alpha value is -1.09. The van der Waals surface area contributed by atoms with Crippen LogP contribution in [0.25, 0.3) is 10.2 Å². The average Bonchev–Trinajstić information content (AvgIpc) is 2.60. The molecule has 1 aromatic carbocycles. The zero-order chi connectivity index (χ0) is 11.4. The molecule has 15 heavy (non-hydrogen) atoms. The Morgan fingerprint density at radius 2 is 1.87 bits per heavy atom. The lowest BCUT2D eigenvalue weighted by atomic mass is 10.2. The van der Waals surface area contributed by atoms with E-state index in [4.69, 9.17) is 4.74 Å². The number of benzene rings is 1. The van der Waals surface area contributed by atoms with Crippen molar-refractivity contribution in [3.8, 4) is 5.75 Å². The minimum absolute atomic E-state index is 0.874. The Morgan fingerprint density at radius 3 is 2.47 bits per heavy atom. The average molecular weight is 223 g/mol. The number of hydrogen-bond acceptors (Lipinski definition) is 3. The first-order valence-corrected chi connectivity index (χ1v) is 5.94. The Morgan fingerprint density at radius 1 is 1.20 bits per heavy atom. The van der Waals surface area contributed by atoms with Gasteiger partial charge in [-0.3, -0.25) is 0 Å². The molecule has 0 unspecified atom stereocenters. The summed E-state index contributed by atoms with van der Waals surface area (Å²) in [4.78, 5) is 4.42. The molecular weight excluding hydrogens is 206 g/mol. The van der Waals surface area contributed by atoms with Gasteiger partial charge in [-0.2, -0.15) is 0 Å². The van der Waals surface area contributed by atoms with E-state index >= 15 is 0 Å². The summed E-state index contributed by atoms with van der Waals surface area (Å²) in [6, 6.07) is 4.16. The molecule has 0 radical (unpaired) electrons. The van der Waals surface area contributed by atoms with Crippen LogP contribution in [0.4, 0.5) is 0 Å². The van der Waals surface area contributed by atoms with Crippen molar-refractivity contribution in [3.63, 3.8) is 0 Å². The van der Waals surface area contributed by atoms with Gasteiger partial charge in [0.05, 0.1) is 16.8 Å². The Balaban J connectivity index is 0.000000531. The number of aryl methyl sites for hydroxylation is 2. The summed E-state index contributed by atoms with van der Waals surface area (Å²) in [5.74, 6) is 0.874. The molecule has 0 bridgehead atoms. The third-order valence-corrected chi connectivity index (χ3v) is 2.85. The van der Waals surface area contributed by atoms with E-state index in [1.54, 1.807) is 18.4 Å². The molecule has 0 amide bonds. The molecule has 3 heteroatoms. The molecule has 0 atom stereocenters. The summed E-state index contributed by atoms with van der Waals surface area (Å²) in [6.45, 7) is 8.08. The first kappa shape index (κ1) is 12.0. The molecule has 0 saturated heterocycles. The second-order valence-corrected chi connectivity index (χ2v) is 4.28. The normalized spacial score (nSPS) is 9.67. The van der Waals surface area contributed by atoms with Crippen molar-refractivity contribution in [2.75, 3.05) is 7.11 Å². The van der Waals surface area contributed by atoms with Crippen molar-refractivity contribution in [1.82, 2.24) is 4.98 Å². The number of hydrogen-bond donors (Lipinski definition) is 0. The second-order valence-electron chi connectivity index (χ2n) is 3.05. The predicted molar refractivity (Wildman–Crippen MR) is 67.0 cm³/mol. The van der Waals surface area contributed by atoms with Gasteiger partial charge < -0.3 is 4.74 Å². The summed E-state index contributed by atoms with van der Waals surface area (Å²) in [6.07, 6.45) is 0. The van der Waals surface area contributed by atoms with Crippen molar-refractivity contribution in [2.45, 2.75) is 27.7 Å². The van der Waals surface area contributed by atoms with Crippen LogP contribution in [-0.4, -0.2) is 12.1 Å². The van der Waals surface area contributed by atoms with E-state index in [-0.39, 0.29) is 0 Å². The van der Waals surface area contributed by atoms with Crippen LogP contribution >= 0.6 is 11.3 Å². The van der Waals surface area contributed by atoms with Crippen molar-refractivity contribution < 1.29 is 4.74 Å². The molecule has 1 heterocycles. The van der Waals surface area contributed by atoms with Crippen molar-refractivity contribution in [3.05, 3.63) is 22.7 Å². The van der Waals surface area contributed by atoms with E-state index in [2.05, 4.69) is 18.0 Å². The van der Waals surface area contributed by atoms with Crippen LogP contribution in [0, 0.1) is 13.8 Å². The van der Waals surface area contributed by atoms with Gasteiger partial charge in [-0.05, 0) is 31.5 Å². The van der Waals surface area contributed by atoms with E-state index in [1.165, 1.54) is 10.3 Å². The Kier molecular flexibility index (Phi) is 4.09. The lowest BCUT2D eigenvalue weighted by Gasteiger charge is -2.01. The highest BCUT2D eigenvalue weighted by Gasteiger charge is 2.06. The zero-order valence-corrected chi connectivity index (χ0v) is 10.7. The third kappa shape index (κ3) is 2.48. The Bertz CT molecular complexity index is 448. The predicted octanol–water partition coefficient (Wildman–Crippen LogP) is 3.95. The van der Waals surface area contributed by atoms with Gasteiger partial charge in [0.25, 0.3) is 0 Å². The number of methoxy groups -OCH3 is 1. The van der Waals surface area contributed by atoms with Gasteiger partial charge in [-0.25, -0.2) is 4.98 Å². The fourth-order valence-electron chi connectivity index (χ4n) is 1.40. The highest BCUT2D eigenvalue weighted by molar-refractivity contribution is 7.18. The first-order valence-electron chi connectivity index (χ1n) is 5.12. The fraction of sp³-hybridized carbons (Fsp3) is 0.417. The number of rotatable bonds is 1. The van der Waals surface area contributed by atoms with Gasteiger partial charge in [0.15, 0.2) is 0 Å². The summed E-state index contributed by atoms with van der Waals surface area (Å²) in [5, 5.41) is 1.08. The minimum Gasteiger partial charge on any atom is -0.494 e. The number of ether oxygens (including phenoxy) is 1. The molecule has 2 rings (SSSR count). The van der Waals surface area contributed by atoms with Crippen molar-refractivity contribution in [1.29, 1.82) is 0 Å². The maximum Gasteiger partial charge on any atom is 0.146 e. The largest absolute Gasteiger partial charge is 0.494 e. The molecule has 1 aromatic heterocycles. The van der Waals surface area contributed by atoms with Crippen LogP contribution in [0.5, 0.6) is 5.75 Å².